The van der Waals surface area contributed by atoms with Gasteiger partial charge in [0, 0.05) is 49.7 Å². The normalized spacial score (nSPS) is 21.4. The number of anilines is 1. The molecule has 6 nitrogen and oxygen atoms in total. The number of para-hydroxylation sites is 1. The van der Waals surface area contributed by atoms with Gasteiger partial charge in [-0.2, -0.15) is 0 Å². The smallest absolute Gasteiger partial charge is 0.223 e. The lowest BCUT2D eigenvalue weighted by molar-refractivity contribution is -0.128. The van der Waals surface area contributed by atoms with Crippen LogP contribution in [0.3, 0.4) is 0 Å². The van der Waals surface area contributed by atoms with Crippen LogP contribution in [0.4, 0.5) is 5.69 Å². The molecule has 0 N–H and O–H groups in total. The fraction of sp³-hybridized carbons (Fsp3) is 0.588. The van der Waals surface area contributed by atoms with Crippen LogP contribution in [-0.2, 0) is 11.3 Å². The van der Waals surface area contributed by atoms with Gasteiger partial charge >= 0.3 is 0 Å². The maximum atomic E-state index is 12.2. The van der Waals surface area contributed by atoms with Crippen molar-refractivity contribution in [2.45, 2.75) is 32.2 Å². The molecule has 1 aromatic carbocycles. The van der Waals surface area contributed by atoms with E-state index >= 15 is 0 Å². The Morgan fingerprint density at radius 1 is 1.22 bits per heavy atom. The predicted octanol–water partition coefficient (Wildman–Crippen LogP) is 3.34. The maximum Gasteiger partial charge on any atom is 0.223 e. The Hall–Kier alpha value is -2.20. The van der Waals surface area contributed by atoms with Gasteiger partial charge in [0.25, 0.3) is 0 Å². The largest absolute Gasteiger partial charge is 0.371 e. The van der Waals surface area contributed by atoms with Crippen molar-refractivity contribution in [2.24, 2.45) is 11.0 Å². The predicted molar refractivity (Wildman–Crippen MR) is 90.0 cm³/mol. The highest BCUT2D eigenvalue weighted by atomic mass is 16.2. The molecule has 1 amide bonds. The molecule has 23 heavy (non-hydrogen) atoms. The summed E-state index contributed by atoms with van der Waals surface area (Å²) in [6.45, 7) is 3.95. The second-order valence-electron chi connectivity index (χ2n) is 6.43. The maximum absolute atomic E-state index is 12.2. The fourth-order valence-corrected chi connectivity index (χ4v) is 3.57. The van der Waals surface area contributed by atoms with Gasteiger partial charge in [-0.3, -0.25) is 4.79 Å². The Labute approximate surface area is 136 Å². The Balaban J connectivity index is 1.70. The van der Waals surface area contributed by atoms with Crippen LogP contribution >= 0.6 is 0 Å². The van der Waals surface area contributed by atoms with E-state index in [0.717, 1.165) is 13.1 Å². The monoisotopic (exact) mass is 313 g/mol. The van der Waals surface area contributed by atoms with E-state index in [4.69, 9.17) is 5.53 Å². The van der Waals surface area contributed by atoms with E-state index < -0.39 is 0 Å². The van der Waals surface area contributed by atoms with E-state index in [0.29, 0.717) is 26.1 Å². The lowest BCUT2D eigenvalue weighted by Gasteiger charge is -2.31. The first-order valence-electron chi connectivity index (χ1n) is 8.39. The number of benzene rings is 1. The van der Waals surface area contributed by atoms with Gasteiger partial charge in [0.1, 0.15) is 0 Å². The molecule has 0 aromatic heterocycles. The zero-order valence-corrected chi connectivity index (χ0v) is 13.4. The zero-order chi connectivity index (χ0) is 16.1. The number of hydrogen-bond acceptors (Lipinski definition) is 3. The first-order chi connectivity index (χ1) is 11.3. The number of nitrogens with zero attached hydrogens (tertiary/aromatic N) is 5. The highest BCUT2D eigenvalue weighted by Crippen LogP contribution is 2.27. The number of piperidine rings is 1. The van der Waals surface area contributed by atoms with Crippen molar-refractivity contribution < 1.29 is 4.79 Å². The lowest BCUT2D eigenvalue weighted by Crippen LogP contribution is -2.32. The molecule has 3 rings (SSSR count). The van der Waals surface area contributed by atoms with Crippen molar-refractivity contribution in [1.82, 2.24) is 4.90 Å². The molecule has 6 heteroatoms. The van der Waals surface area contributed by atoms with Crippen molar-refractivity contribution in [3.63, 3.8) is 0 Å². The number of rotatable bonds is 5. The Morgan fingerprint density at radius 3 is 2.78 bits per heavy atom. The molecule has 0 radical (unpaired) electrons. The van der Waals surface area contributed by atoms with Gasteiger partial charge in [-0.15, -0.1) is 0 Å². The summed E-state index contributed by atoms with van der Waals surface area (Å²) >= 11 is 0. The van der Waals surface area contributed by atoms with Crippen LogP contribution in [0, 0.1) is 5.92 Å². The first-order valence-corrected chi connectivity index (χ1v) is 8.39. The lowest BCUT2D eigenvalue weighted by atomic mass is 10.1. The quantitative estimate of drug-likeness (QED) is 0.475. The van der Waals surface area contributed by atoms with Crippen LogP contribution in [0.2, 0.25) is 0 Å². The third-order valence-electron chi connectivity index (χ3n) is 4.75. The average Bonchev–Trinajstić information content (AvgIpc) is 2.94. The van der Waals surface area contributed by atoms with Gasteiger partial charge in [0.15, 0.2) is 0 Å². The SMILES string of the molecule is [N-]=[N+]=NCC1CC(=O)N(Cc2ccccc2N2CCCCC2)C1. The van der Waals surface area contributed by atoms with Gasteiger partial charge in [0.05, 0.1) is 0 Å². The minimum atomic E-state index is 0.153. The Morgan fingerprint density at radius 2 is 2.00 bits per heavy atom. The summed E-state index contributed by atoms with van der Waals surface area (Å²) in [5, 5.41) is 3.61. The van der Waals surface area contributed by atoms with Crippen LogP contribution in [-0.4, -0.2) is 37.0 Å². The summed E-state index contributed by atoms with van der Waals surface area (Å²) < 4.78 is 0. The molecule has 0 aliphatic carbocycles. The highest BCUT2D eigenvalue weighted by Gasteiger charge is 2.29. The molecule has 2 aliphatic rings. The third-order valence-corrected chi connectivity index (χ3v) is 4.75. The molecule has 1 aromatic rings. The molecule has 1 atom stereocenters. The van der Waals surface area contributed by atoms with Crippen LogP contribution in [0.25, 0.3) is 10.4 Å². The molecule has 1 unspecified atom stereocenters. The average molecular weight is 313 g/mol. The van der Waals surface area contributed by atoms with Crippen molar-refractivity contribution in [1.29, 1.82) is 0 Å². The molecule has 2 aliphatic heterocycles. The molecule has 0 bridgehead atoms. The van der Waals surface area contributed by atoms with Gasteiger partial charge in [0.2, 0.25) is 5.91 Å². The molecular formula is C17H23N5O. The number of carbonyl (C=O) groups excluding carboxylic acids is 1. The Bertz CT molecular complexity index is 605. The van der Waals surface area contributed by atoms with Crippen molar-refractivity contribution in [2.75, 3.05) is 31.1 Å². The Kier molecular flexibility index (Phi) is 5.03. The van der Waals surface area contributed by atoms with Gasteiger partial charge in [-0.1, -0.05) is 23.3 Å². The first kappa shape index (κ1) is 15.7. The molecule has 0 saturated carbocycles. The van der Waals surface area contributed by atoms with Crippen molar-refractivity contribution in [3.05, 3.63) is 40.3 Å². The second kappa shape index (κ2) is 7.38. The fourth-order valence-electron chi connectivity index (χ4n) is 3.57. The second-order valence-corrected chi connectivity index (χ2v) is 6.43. The van der Waals surface area contributed by atoms with Crippen molar-refractivity contribution >= 4 is 11.6 Å². The van der Waals surface area contributed by atoms with Crippen molar-refractivity contribution in [3.8, 4) is 0 Å². The molecule has 2 heterocycles. The highest BCUT2D eigenvalue weighted by molar-refractivity contribution is 5.79. The van der Waals surface area contributed by atoms with E-state index in [9.17, 15) is 4.79 Å². The summed E-state index contributed by atoms with van der Waals surface area (Å²) in [6.07, 6.45) is 4.28. The molecule has 122 valence electrons. The minimum absolute atomic E-state index is 0.153. The van der Waals surface area contributed by atoms with E-state index in [2.05, 4.69) is 33.1 Å². The summed E-state index contributed by atoms with van der Waals surface area (Å²) in [6, 6.07) is 8.40. The summed E-state index contributed by atoms with van der Waals surface area (Å²) in [5.74, 6) is 0.317. The molecule has 2 fully saturated rings. The molecular weight excluding hydrogens is 290 g/mol. The topological polar surface area (TPSA) is 72.3 Å². The van der Waals surface area contributed by atoms with Crippen LogP contribution in [0.1, 0.15) is 31.2 Å². The van der Waals surface area contributed by atoms with E-state index in [1.807, 2.05) is 11.0 Å². The number of likely N-dealkylation sites (tertiary alicyclic amines) is 1. The zero-order valence-electron chi connectivity index (χ0n) is 13.4. The van der Waals surface area contributed by atoms with E-state index in [-0.39, 0.29) is 11.8 Å². The third kappa shape index (κ3) is 3.77. The van der Waals surface area contributed by atoms with Crippen LogP contribution < -0.4 is 4.90 Å². The number of carbonyl (C=O) groups is 1. The van der Waals surface area contributed by atoms with Gasteiger partial charge < -0.3 is 9.80 Å². The minimum Gasteiger partial charge on any atom is -0.371 e. The number of amides is 1. The summed E-state index contributed by atoms with van der Waals surface area (Å²) in [7, 11) is 0. The van der Waals surface area contributed by atoms with Gasteiger partial charge in [-0.05, 0) is 42.3 Å². The van der Waals surface area contributed by atoms with Crippen LogP contribution in [0.15, 0.2) is 29.4 Å². The number of hydrogen-bond donors (Lipinski definition) is 0. The summed E-state index contributed by atoms with van der Waals surface area (Å²) in [5.41, 5.74) is 10.9. The van der Waals surface area contributed by atoms with E-state index in [1.54, 1.807) is 0 Å². The number of azide groups is 1. The van der Waals surface area contributed by atoms with E-state index in [1.165, 1.54) is 30.5 Å². The summed E-state index contributed by atoms with van der Waals surface area (Å²) in [4.78, 5) is 19.4. The molecule has 0 spiro atoms. The van der Waals surface area contributed by atoms with Gasteiger partial charge in [-0.25, -0.2) is 0 Å². The standard InChI is InChI=1S/C17H23N5O/c18-20-19-11-14-10-17(23)22(12-14)13-15-6-2-3-7-16(15)21-8-4-1-5-9-21/h2-3,6-7,14H,1,4-5,8-13H2. The van der Waals surface area contributed by atoms with Crippen LogP contribution in [0.5, 0.6) is 0 Å². The molecule has 2 saturated heterocycles.